The average Bonchev–Trinajstić information content (AvgIpc) is 2.43. The van der Waals surface area contributed by atoms with E-state index >= 15 is 0 Å². The second kappa shape index (κ2) is 6.78. The molecule has 0 amide bonds. The molecule has 19 heavy (non-hydrogen) atoms. The Hall–Kier alpha value is -1.25. The molecule has 2 aromatic carbocycles. The van der Waals surface area contributed by atoms with Crippen molar-refractivity contribution in [1.29, 1.82) is 0 Å². The van der Waals surface area contributed by atoms with Gasteiger partial charge in [-0.3, -0.25) is 0 Å². The van der Waals surface area contributed by atoms with Crippen LogP contribution in [0.15, 0.2) is 53.4 Å². The third kappa shape index (κ3) is 3.85. The van der Waals surface area contributed by atoms with Gasteiger partial charge in [0.05, 0.1) is 0 Å². The second-order valence-corrected chi connectivity index (χ2v) is 6.10. The van der Waals surface area contributed by atoms with Crippen LogP contribution in [0.25, 0.3) is 0 Å². The molecule has 0 aliphatic heterocycles. The van der Waals surface area contributed by atoms with Gasteiger partial charge in [-0.2, -0.15) is 0 Å². The summed E-state index contributed by atoms with van der Waals surface area (Å²) in [7, 11) is 2.01. The maximum Gasteiger partial charge on any atom is 0.0468 e. The molecule has 0 aromatic heterocycles. The summed E-state index contributed by atoms with van der Waals surface area (Å²) in [6.45, 7) is 5.31. The zero-order valence-electron chi connectivity index (χ0n) is 11.8. The summed E-state index contributed by atoms with van der Waals surface area (Å²) < 4.78 is 0. The molecule has 0 spiro atoms. The molecule has 1 atom stereocenters. The van der Waals surface area contributed by atoms with Crippen LogP contribution in [0.5, 0.6) is 0 Å². The third-order valence-corrected chi connectivity index (χ3v) is 4.57. The molecule has 0 aliphatic carbocycles. The van der Waals surface area contributed by atoms with Crippen molar-refractivity contribution in [2.75, 3.05) is 13.6 Å². The highest BCUT2D eigenvalue weighted by Gasteiger charge is 2.12. The fraction of sp³-hybridized carbons (Fsp3) is 0.294. The van der Waals surface area contributed by atoms with Crippen LogP contribution < -0.4 is 5.32 Å². The molecule has 0 radical (unpaired) electrons. The molecule has 0 aliphatic rings. The van der Waals surface area contributed by atoms with Gasteiger partial charge in [0, 0.05) is 16.7 Å². The van der Waals surface area contributed by atoms with Gasteiger partial charge in [-0.1, -0.05) is 36.4 Å². The summed E-state index contributed by atoms with van der Waals surface area (Å²) in [4.78, 5) is 1.34. The number of hydrogen-bond donors (Lipinski definition) is 1. The summed E-state index contributed by atoms with van der Waals surface area (Å²) in [6.07, 6.45) is 0. The minimum atomic E-state index is 0.452. The number of thioether (sulfide) groups is 1. The van der Waals surface area contributed by atoms with Gasteiger partial charge < -0.3 is 5.32 Å². The Kier molecular flexibility index (Phi) is 5.06. The predicted octanol–water partition coefficient (Wildman–Crippen LogP) is 4.36. The van der Waals surface area contributed by atoms with Gasteiger partial charge >= 0.3 is 0 Å². The van der Waals surface area contributed by atoms with Crippen LogP contribution in [-0.4, -0.2) is 13.6 Å². The zero-order valence-corrected chi connectivity index (χ0v) is 12.6. The number of hydrogen-bond acceptors (Lipinski definition) is 2. The van der Waals surface area contributed by atoms with E-state index in [9.17, 15) is 0 Å². The molecule has 100 valence electrons. The van der Waals surface area contributed by atoms with Crippen LogP contribution in [0.3, 0.4) is 0 Å². The minimum Gasteiger partial charge on any atom is -0.318 e. The van der Waals surface area contributed by atoms with Crippen molar-refractivity contribution >= 4 is 11.8 Å². The Labute approximate surface area is 120 Å². The van der Waals surface area contributed by atoms with Crippen molar-refractivity contribution in [3.63, 3.8) is 0 Å². The largest absolute Gasteiger partial charge is 0.318 e. The lowest BCUT2D eigenvalue weighted by Crippen LogP contribution is -2.14. The van der Waals surface area contributed by atoms with E-state index in [4.69, 9.17) is 0 Å². The molecule has 0 saturated carbocycles. The van der Waals surface area contributed by atoms with E-state index in [-0.39, 0.29) is 0 Å². The molecule has 1 N–H and O–H groups in total. The minimum absolute atomic E-state index is 0.452. The first-order chi connectivity index (χ1) is 9.20. The Morgan fingerprint density at radius 1 is 1.00 bits per heavy atom. The van der Waals surface area contributed by atoms with Crippen molar-refractivity contribution in [3.8, 4) is 0 Å². The molecule has 2 aromatic rings. The van der Waals surface area contributed by atoms with E-state index in [0.717, 1.165) is 6.54 Å². The second-order valence-electron chi connectivity index (χ2n) is 4.82. The Balaban J connectivity index is 2.19. The Morgan fingerprint density at radius 3 is 2.37 bits per heavy atom. The third-order valence-electron chi connectivity index (χ3n) is 3.32. The van der Waals surface area contributed by atoms with E-state index in [1.165, 1.54) is 21.6 Å². The molecule has 1 unspecified atom stereocenters. The SMILES string of the molecule is CNCC(Sc1ccc(C)c(C)c1)c1ccccc1. The molecule has 0 bridgehead atoms. The van der Waals surface area contributed by atoms with Crippen molar-refractivity contribution in [2.45, 2.75) is 24.0 Å². The lowest BCUT2D eigenvalue weighted by molar-refractivity contribution is 0.778. The number of aryl methyl sites for hydroxylation is 2. The number of benzene rings is 2. The Morgan fingerprint density at radius 2 is 1.74 bits per heavy atom. The molecule has 2 rings (SSSR count). The number of rotatable bonds is 5. The summed E-state index contributed by atoms with van der Waals surface area (Å²) in [5, 5.41) is 3.74. The van der Waals surface area contributed by atoms with Gasteiger partial charge in [0.1, 0.15) is 0 Å². The fourth-order valence-corrected chi connectivity index (χ4v) is 3.30. The smallest absolute Gasteiger partial charge is 0.0468 e. The van der Waals surface area contributed by atoms with Crippen LogP contribution >= 0.6 is 11.8 Å². The van der Waals surface area contributed by atoms with Gasteiger partial charge in [-0.25, -0.2) is 0 Å². The molecule has 0 saturated heterocycles. The maximum absolute atomic E-state index is 3.29. The van der Waals surface area contributed by atoms with Crippen LogP contribution in [0, 0.1) is 13.8 Å². The van der Waals surface area contributed by atoms with Gasteiger partial charge in [-0.05, 0) is 49.7 Å². The summed E-state index contributed by atoms with van der Waals surface area (Å²) in [5.41, 5.74) is 4.09. The molecule has 0 heterocycles. The van der Waals surface area contributed by atoms with Gasteiger partial charge in [0.2, 0.25) is 0 Å². The van der Waals surface area contributed by atoms with Gasteiger partial charge in [0.25, 0.3) is 0 Å². The summed E-state index contributed by atoms with van der Waals surface area (Å²) in [6, 6.07) is 17.4. The number of nitrogens with one attached hydrogen (secondary N) is 1. The van der Waals surface area contributed by atoms with Crippen LogP contribution in [0.2, 0.25) is 0 Å². The first-order valence-electron chi connectivity index (χ1n) is 6.64. The molecule has 2 heteroatoms. The molecular formula is C17H21NS. The normalized spacial score (nSPS) is 12.4. The highest BCUT2D eigenvalue weighted by Crippen LogP contribution is 2.35. The highest BCUT2D eigenvalue weighted by molar-refractivity contribution is 7.99. The lowest BCUT2D eigenvalue weighted by atomic mass is 10.1. The van der Waals surface area contributed by atoms with Crippen molar-refractivity contribution in [2.24, 2.45) is 0 Å². The monoisotopic (exact) mass is 271 g/mol. The first kappa shape index (κ1) is 14.2. The van der Waals surface area contributed by atoms with E-state index < -0.39 is 0 Å². The van der Waals surface area contributed by atoms with Crippen LogP contribution in [0.4, 0.5) is 0 Å². The highest BCUT2D eigenvalue weighted by atomic mass is 32.2. The van der Waals surface area contributed by atoms with E-state index in [1.807, 2.05) is 18.8 Å². The molecular weight excluding hydrogens is 250 g/mol. The van der Waals surface area contributed by atoms with E-state index in [0.29, 0.717) is 5.25 Å². The lowest BCUT2D eigenvalue weighted by Gasteiger charge is -2.17. The quantitative estimate of drug-likeness (QED) is 0.811. The summed E-state index contributed by atoms with van der Waals surface area (Å²) >= 11 is 1.93. The van der Waals surface area contributed by atoms with Crippen molar-refractivity contribution in [3.05, 3.63) is 65.2 Å². The van der Waals surface area contributed by atoms with Crippen molar-refractivity contribution < 1.29 is 0 Å². The summed E-state index contributed by atoms with van der Waals surface area (Å²) in [5.74, 6) is 0. The zero-order chi connectivity index (χ0) is 13.7. The Bertz CT molecular complexity index is 522. The standard InChI is InChI=1S/C17H21NS/c1-13-9-10-16(11-14(13)2)19-17(12-18-3)15-7-5-4-6-8-15/h4-11,17-18H,12H2,1-3H3. The number of likely N-dealkylation sites (N-methyl/N-ethyl adjacent to an activating group) is 1. The topological polar surface area (TPSA) is 12.0 Å². The predicted molar refractivity (Wildman–Crippen MR) is 84.9 cm³/mol. The van der Waals surface area contributed by atoms with Gasteiger partial charge in [-0.15, -0.1) is 11.8 Å². The van der Waals surface area contributed by atoms with E-state index in [1.54, 1.807) is 0 Å². The first-order valence-corrected chi connectivity index (χ1v) is 7.52. The van der Waals surface area contributed by atoms with Crippen LogP contribution in [-0.2, 0) is 0 Å². The maximum atomic E-state index is 3.29. The average molecular weight is 271 g/mol. The van der Waals surface area contributed by atoms with E-state index in [2.05, 4.69) is 67.7 Å². The van der Waals surface area contributed by atoms with Crippen LogP contribution in [0.1, 0.15) is 21.9 Å². The van der Waals surface area contributed by atoms with Gasteiger partial charge in [0.15, 0.2) is 0 Å². The molecule has 1 nitrogen and oxygen atoms in total. The fourth-order valence-electron chi connectivity index (χ4n) is 2.03. The van der Waals surface area contributed by atoms with Crippen molar-refractivity contribution in [1.82, 2.24) is 5.32 Å². The molecule has 0 fully saturated rings.